The second-order valence-corrected chi connectivity index (χ2v) is 3.72. The SMILES string of the molecule is C=CCNC1(C(=O)OCC)CCNCC1. The number of ether oxygens (including phenoxy) is 1. The topological polar surface area (TPSA) is 50.4 Å². The minimum absolute atomic E-state index is 0.131. The standard InChI is InChI=1S/C11H20N2O2/c1-3-7-13-11(10(14)15-4-2)5-8-12-9-6-11/h3,12-13H,1,4-9H2,2H3. The fraction of sp³-hybridized carbons (Fsp3) is 0.727. The first-order valence-electron chi connectivity index (χ1n) is 5.49. The molecule has 0 saturated carbocycles. The predicted molar refractivity (Wildman–Crippen MR) is 59.7 cm³/mol. The molecular formula is C11H20N2O2. The molecule has 1 heterocycles. The van der Waals surface area contributed by atoms with E-state index in [0.717, 1.165) is 25.9 Å². The lowest BCUT2D eigenvalue weighted by Crippen LogP contribution is -2.58. The molecule has 1 aliphatic rings. The number of hydrogen-bond acceptors (Lipinski definition) is 4. The average Bonchev–Trinajstić information content (AvgIpc) is 2.28. The molecule has 4 nitrogen and oxygen atoms in total. The van der Waals surface area contributed by atoms with E-state index < -0.39 is 5.54 Å². The maximum Gasteiger partial charge on any atom is 0.326 e. The molecule has 86 valence electrons. The van der Waals surface area contributed by atoms with E-state index in [1.807, 2.05) is 6.92 Å². The highest BCUT2D eigenvalue weighted by Crippen LogP contribution is 2.20. The normalized spacial score (nSPS) is 19.5. The number of nitrogens with one attached hydrogen (secondary N) is 2. The lowest BCUT2D eigenvalue weighted by molar-refractivity contribution is -0.152. The van der Waals surface area contributed by atoms with Crippen LogP contribution in [0.3, 0.4) is 0 Å². The minimum atomic E-state index is -0.505. The summed E-state index contributed by atoms with van der Waals surface area (Å²) in [5, 5.41) is 6.48. The molecule has 0 aromatic rings. The van der Waals surface area contributed by atoms with Crippen molar-refractivity contribution >= 4 is 5.97 Å². The highest BCUT2D eigenvalue weighted by molar-refractivity contribution is 5.81. The third-order valence-electron chi connectivity index (χ3n) is 2.71. The summed E-state index contributed by atoms with van der Waals surface area (Å²) < 4.78 is 5.12. The van der Waals surface area contributed by atoms with Gasteiger partial charge in [0.05, 0.1) is 6.61 Å². The Morgan fingerprint density at radius 1 is 1.60 bits per heavy atom. The van der Waals surface area contributed by atoms with Gasteiger partial charge in [-0.05, 0) is 32.9 Å². The highest BCUT2D eigenvalue weighted by atomic mass is 16.5. The van der Waals surface area contributed by atoms with Gasteiger partial charge >= 0.3 is 5.97 Å². The minimum Gasteiger partial charge on any atom is -0.465 e. The van der Waals surface area contributed by atoms with Crippen molar-refractivity contribution in [2.24, 2.45) is 0 Å². The summed E-state index contributed by atoms with van der Waals surface area (Å²) in [6.45, 7) is 8.26. The summed E-state index contributed by atoms with van der Waals surface area (Å²) in [5.74, 6) is -0.131. The number of piperidine rings is 1. The van der Waals surface area contributed by atoms with Gasteiger partial charge in [-0.1, -0.05) is 6.08 Å². The number of carbonyl (C=O) groups excluding carboxylic acids is 1. The predicted octanol–water partition coefficient (Wildman–Crippen LogP) is 0.447. The first-order chi connectivity index (χ1) is 7.25. The Kier molecular flexibility index (Phi) is 4.78. The van der Waals surface area contributed by atoms with Crippen LogP contribution in [0.4, 0.5) is 0 Å². The molecule has 1 saturated heterocycles. The zero-order valence-corrected chi connectivity index (χ0v) is 9.34. The average molecular weight is 212 g/mol. The Morgan fingerprint density at radius 3 is 2.80 bits per heavy atom. The van der Waals surface area contributed by atoms with Gasteiger partial charge in [0.15, 0.2) is 0 Å². The Balaban J connectivity index is 2.64. The van der Waals surface area contributed by atoms with Crippen LogP contribution in [0.25, 0.3) is 0 Å². The van der Waals surface area contributed by atoms with E-state index in [-0.39, 0.29) is 5.97 Å². The fourth-order valence-electron chi connectivity index (χ4n) is 1.84. The molecule has 1 aliphatic heterocycles. The molecule has 0 aromatic heterocycles. The van der Waals surface area contributed by atoms with Crippen LogP contribution in [0, 0.1) is 0 Å². The molecule has 0 aromatic carbocycles. The Hall–Kier alpha value is -0.870. The molecule has 15 heavy (non-hydrogen) atoms. The van der Waals surface area contributed by atoms with E-state index in [1.165, 1.54) is 0 Å². The summed E-state index contributed by atoms with van der Waals surface area (Å²) in [6, 6.07) is 0. The van der Waals surface area contributed by atoms with Crippen LogP contribution >= 0.6 is 0 Å². The third kappa shape index (κ3) is 3.04. The van der Waals surface area contributed by atoms with Crippen molar-refractivity contribution < 1.29 is 9.53 Å². The van der Waals surface area contributed by atoms with Crippen LogP contribution in [0.2, 0.25) is 0 Å². The van der Waals surface area contributed by atoms with Gasteiger partial charge in [-0.15, -0.1) is 6.58 Å². The van der Waals surface area contributed by atoms with Crippen molar-refractivity contribution in [3.8, 4) is 0 Å². The van der Waals surface area contributed by atoms with Crippen LogP contribution < -0.4 is 10.6 Å². The van der Waals surface area contributed by atoms with E-state index in [1.54, 1.807) is 6.08 Å². The number of carbonyl (C=O) groups is 1. The second-order valence-electron chi connectivity index (χ2n) is 3.72. The van der Waals surface area contributed by atoms with Crippen molar-refractivity contribution in [2.45, 2.75) is 25.3 Å². The van der Waals surface area contributed by atoms with Gasteiger partial charge in [0.2, 0.25) is 0 Å². The van der Waals surface area contributed by atoms with Gasteiger partial charge in [-0.25, -0.2) is 0 Å². The van der Waals surface area contributed by atoms with E-state index in [9.17, 15) is 4.79 Å². The fourth-order valence-corrected chi connectivity index (χ4v) is 1.84. The Morgan fingerprint density at radius 2 is 2.27 bits per heavy atom. The van der Waals surface area contributed by atoms with Gasteiger partial charge in [0.1, 0.15) is 5.54 Å². The molecular weight excluding hydrogens is 192 g/mol. The van der Waals surface area contributed by atoms with E-state index in [2.05, 4.69) is 17.2 Å². The van der Waals surface area contributed by atoms with E-state index in [4.69, 9.17) is 4.74 Å². The second kappa shape index (κ2) is 5.88. The molecule has 0 aliphatic carbocycles. The van der Waals surface area contributed by atoms with E-state index in [0.29, 0.717) is 13.2 Å². The van der Waals surface area contributed by atoms with Crippen molar-refractivity contribution in [3.63, 3.8) is 0 Å². The van der Waals surface area contributed by atoms with Gasteiger partial charge in [-0.3, -0.25) is 10.1 Å². The summed E-state index contributed by atoms with van der Waals surface area (Å²) in [5.41, 5.74) is -0.505. The van der Waals surface area contributed by atoms with Crippen molar-refractivity contribution in [1.29, 1.82) is 0 Å². The zero-order valence-electron chi connectivity index (χ0n) is 9.34. The van der Waals surface area contributed by atoms with Gasteiger partial charge in [0, 0.05) is 6.54 Å². The molecule has 4 heteroatoms. The lowest BCUT2D eigenvalue weighted by Gasteiger charge is -2.35. The maximum absolute atomic E-state index is 11.9. The smallest absolute Gasteiger partial charge is 0.326 e. The number of rotatable bonds is 5. The lowest BCUT2D eigenvalue weighted by atomic mass is 9.88. The van der Waals surface area contributed by atoms with Crippen LogP contribution in [-0.2, 0) is 9.53 Å². The molecule has 0 unspecified atom stereocenters. The third-order valence-corrected chi connectivity index (χ3v) is 2.71. The van der Waals surface area contributed by atoms with Gasteiger partial charge < -0.3 is 10.1 Å². The molecule has 0 radical (unpaired) electrons. The summed E-state index contributed by atoms with van der Waals surface area (Å²) >= 11 is 0. The van der Waals surface area contributed by atoms with Crippen LogP contribution in [0.5, 0.6) is 0 Å². The monoisotopic (exact) mass is 212 g/mol. The summed E-state index contributed by atoms with van der Waals surface area (Å²) in [6.07, 6.45) is 3.32. The maximum atomic E-state index is 11.9. The van der Waals surface area contributed by atoms with Crippen molar-refractivity contribution in [3.05, 3.63) is 12.7 Å². The van der Waals surface area contributed by atoms with E-state index >= 15 is 0 Å². The van der Waals surface area contributed by atoms with Crippen LogP contribution in [0.15, 0.2) is 12.7 Å². The van der Waals surface area contributed by atoms with Crippen molar-refractivity contribution in [1.82, 2.24) is 10.6 Å². The quantitative estimate of drug-likeness (QED) is 0.513. The molecule has 0 amide bonds. The molecule has 1 rings (SSSR count). The molecule has 2 N–H and O–H groups in total. The molecule has 0 spiro atoms. The van der Waals surface area contributed by atoms with Gasteiger partial charge in [0.25, 0.3) is 0 Å². The van der Waals surface area contributed by atoms with Gasteiger partial charge in [-0.2, -0.15) is 0 Å². The summed E-state index contributed by atoms with van der Waals surface area (Å²) in [7, 11) is 0. The Bertz CT molecular complexity index is 223. The summed E-state index contributed by atoms with van der Waals surface area (Å²) in [4.78, 5) is 11.9. The first kappa shape index (κ1) is 12.2. The largest absolute Gasteiger partial charge is 0.465 e. The van der Waals surface area contributed by atoms with Crippen LogP contribution in [0.1, 0.15) is 19.8 Å². The Labute approximate surface area is 91.1 Å². The zero-order chi connectivity index (χ0) is 11.1. The molecule has 0 atom stereocenters. The molecule has 0 bridgehead atoms. The highest BCUT2D eigenvalue weighted by Gasteiger charge is 2.39. The first-order valence-corrected chi connectivity index (χ1v) is 5.49. The molecule has 1 fully saturated rings. The number of esters is 1. The van der Waals surface area contributed by atoms with Crippen LogP contribution in [-0.4, -0.2) is 37.7 Å². The van der Waals surface area contributed by atoms with Crippen molar-refractivity contribution in [2.75, 3.05) is 26.2 Å². The number of hydrogen-bond donors (Lipinski definition) is 2.